The van der Waals surface area contributed by atoms with Crippen molar-refractivity contribution < 1.29 is 48.3 Å². The number of piperidine rings is 3. The SMILES string of the molecule is C1CCNCC1.CC1CCC(c2ccc(Br)cc2)CC1.CCOC(=O)c1nnn(Cc2ccc(OC)cc2)c1SC1CCC(c2ccc(Br)cc2)CC1.CCOC(=O)c1nnn(Cc2ccc(OC)cc2)c1SC1CCC(c2ccc(N3CCCCC3)cc2)CC1.COc1ccc(Cn2nnc(C(=O)O)c2SC2CCC(c3ccc(N4CCCCC4)cc3)CC2)cc1.OC1CCC(c2ccc(Br)cc2)CC1. The van der Waals surface area contributed by atoms with Crippen LogP contribution in [0.2, 0.25) is 0 Å². The Labute approximate surface area is 873 Å². The van der Waals surface area contributed by atoms with E-state index in [0.717, 1.165) is 168 Å². The van der Waals surface area contributed by atoms with Gasteiger partial charge in [0.1, 0.15) is 32.3 Å². The number of halogens is 3. The van der Waals surface area contributed by atoms with Gasteiger partial charge in [-0.05, 0) is 371 Å². The first-order valence-corrected chi connectivity index (χ1v) is 56.5. The van der Waals surface area contributed by atoms with E-state index in [4.69, 9.17) is 23.7 Å². The normalized spacial score (nSPS) is 21.3. The van der Waals surface area contributed by atoms with Gasteiger partial charge in [0.15, 0.2) is 0 Å². The number of thioether (sulfide) groups is 3. The molecule has 8 aliphatic rings. The molecule has 3 aromatic heterocycles. The molecule has 754 valence electrons. The predicted octanol–water partition coefficient (Wildman–Crippen LogP) is 27.2. The lowest BCUT2D eigenvalue weighted by molar-refractivity contribution is 0.0505. The molecule has 8 aromatic carbocycles. The van der Waals surface area contributed by atoms with E-state index in [1.807, 2.05) is 89.1 Å². The van der Waals surface area contributed by atoms with Crippen LogP contribution >= 0.6 is 83.1 Å². The molecule has 0 atom stereocenters. The van der Waals surface area contributed by atoms with Gasteiger partial charge < -0.3 is 49.0 Å². The number of carboxylic acid groups (broad SMARTS) is 1. The van der Waals surface area contributed by atoms with Gasteiger partial charge in [0.25, 0.3) is 0 Å². The molecule has 6 heterocycles. The minimum Gasteiger partial charge on any atom is -0.497 e. The van der Waals surface area contributed by atoms with E-state index in [-0.39, 0.29) is 11.8 Å². The number of methoxy groups -OCH3 is 3. The van der Waals surface area contributed by atoms with Crippen molar-refractivity contribution in [2.45, 2.75) is 293 Å². The molecule has 11 aromatic rings. The molecule has 5 aliphatic carbocycles. The number of aromatic carboxylic acids is 1. The Balaban J connectivity index is 0.000000144. The molecule has 0 spiro atoms. The van der Waals surface area contributed by atoms with Crippen LogP contribution in [0.4, 0.5) is 11.4 Å². The molecule has 28 heteroatoms. The second-order valence-corrected chi connectivity index (χ2v) is 45.1. The number of esters is 2. The van der Waals surface area contributed by atoms with Gasteiger partial charge in [-0.2, -0.15) is 0 Å². The Hall–Kier alpha value is -9.00. The Morgan fingerprint density at radius 2 is 0.624 bits per heavy atom. The number of nitrogens with zero attached hydrogens (tertiary/aromatic N) is 11. The van der Waals surface area contributed by atoms with Gasteiger partial charge in [0.2, 0.25) is 17.1 Å². The third-order valence-corrected chi connectivity index (χ3v) is 34.5. The van der Waals surface area contributed by atoms with Crippen molar-refractivity contribution in [2.75, 3.05) is 83.6 Å². The first-order valence-electron chi connectivity index (χ1n) is 51.4. The first kappa shape index (κ1) is 108. The van der Waals surface area contributed by atoms with E-state index in [0.29, 0.717) is 88.7 Å². The number of hydrogen-bond acceptors (Lipinski definition) is 21. The summed E-state index contributed by atoms with van der Waals surface area (Å²) < 4.78 is 35.1. The van der Waals surface area contributed by atoms with Crippen molar-refractivity contribution in [3.63, 3.8) is 0 Å². The number of anilines is 2. The number of ether oxygens (including phenoxy) is 5. The lowest BCUT2D eigenvalue weighted by atomic mass is 9.79. The Morgan fingerprint density at radius 1 is 0.355 bits per heavy atom. The van der Waals surface area contributed by atoms with E-state index in [9.17, 15) is 24.6 Å². The summed E-state index contributed by atoms with van der Waals surface area (Å²) in [6, 6.07) is 68.1. The molecule has 0 unspecified atom stereocenters. The molecule has 0 bridgehead atoms. The fourth-order valence-corrected chi connectivity index (χ4v) is 25.0. The molecule has 19 rings (SSSR count). The second-order valence-electron chi connectivity index (χ2n) is 38.5. The van der Waals surface area contributed by atoms with Gasteiger partial charge in [0.05, 0.1) is 60.3 Å². The van der Waals surface area contributed by atoms with Gasteiger partial charge in [-0.3, -0.25) is 0 Å². The number of nitrogens with one attached hydrogen (secondary N) is 1. The summed E-state index contributed by atoms with van der Waals surface area (Å²) in [7, 11) is 4.95. The highest BCUT2D eigenvalue weighted by Crippen LogP contribution is 2.46. The van der Waals surface area contributed by atoms with Crippen LogP contribution in [0, 0.1) is 5.92 Å². The summed E-state index contributed by atoms with van der Waals surface area (Å²) in [5.41, 5.74) is 13.8. The fraction of sp³-hybridized carbons (Fsp3) is 0.496. The third kappa shape index (κ3) is 32.8. The van der Waals surface area contributed by atoms with E-state index < -0.39 is 17.9 Å². The summed E-state index contributed by atoms with van der Waals surface area (Å²) in [5.74, 6) is 4.73. The number of hydrogen-bond donors (Lipinski definition) is 3. The van der Waals surface area contributed by atoms with Crippen molar-refractivity contribution in [3.8, 4) is 17.2 Å². The number of benzene rings is 8. The number of aliphatic hydroxyl groups excluding tert-OH is 1. The molecular weight excluding hydrogens is 2020 g/mol. The van der Waals surface area contributed by atoms with Crippen LogP contribution in [0.3, 0.4) is 0 Å². The van der Waals surface area contributed by atoms with E-state index in [1.165, 1.54) is 166 Å². The molecule has 5 saturated carbocycles. The molecule has 141 heavy (non-hydrogen) atoms. The minimum atomic E-state index is -1.03. The summed E-state index contributed by atoms with van der Waals surface area (Å²) in [6.07, 6.45) is 35.0. The molecule has 22 nitrogen and oxygen atoms in total. The zero-order valence-corrected chi connectivity index (χ0v) is 90.2. The lowest BCUT2D eigenvalue weighted by Gasteiger charge is -2.30. The highest BCUT2D eigenvalue weighted by atomic mass is 79.9. The highest BCUT2D eigenvalue weighted by Gasteiger charge is 2.34. The first-order chi connectivity index (χ1) is 68.8. The Bertz CT molecular complexity index is 5480. The largest absolute Gasteiger partial charge is 0.497 e. The topological polar surface area (TPSA) is 248 Å². The van der Waals surface area contributed by atoms with Crippen molar-refractivity contribution in [2.24, 2.45) is 5.92 Å². The van der Waals surface area contributed by atoms with Gasteiger partial charge in [-0.1, -0.05) is 187 Å². The van der Waals surface area contributed by atoms with Gasteiger partial charge >= 0.3 is 17.9 Å². The van der Waals surface area contributed by atoms with Crippen LogP contribution in [0.1, 0.15) is 313 Å². The summed E-state index contributed by atoms with van der Waals surface area (Å²) in [4.78, 5) is 42.1. The fourth-order valence-electron chi connectivity index (χ4n) is 20.3. The van der Waals surface area contributed by atoms with E-state index >= 15 is 0 Å². The van der Waals surface area contributed by atoms with Gasteiger partial charge in [-0.25, -0.2) is 28.4 Å². The number of carbonyl (C=O) groups is 3. The van der Waals surface area contributed by atoms with Crippen LogP contribution in [-0.4, -0.2) is 169 Å². The second kappa shape index (κ2) is 56.5. The molecule has 3 N–H and O–H groups in total. The zero-order chi connectivity index (χ0) is 98.6. The van der Waals surface area contributed by atoms with E-state index in [2.05, 4.69) is 222 Å². The van der Waals surface area contributed by atoms with Crippen LogP contribution in [-0.2, 0) is 29.1 Å². The van der Waals surface area contributed by atoms with Crippen molar-refractivity contribution in [1.29, 1.82) is 0 Å². The summed E-state index contributed by atoms with van der Waals surface area (Å²) in [6.45, 7) is 15.4. The maximum Gasteiger partial charge on any atom is 0.361 e. The molecule has 0 amide bonds. The summed E-state index contributed by atoms with van der Waals surface area (Å²) >= 11 is 15.5. The summed E-state index contributed by atoms with van der Waals surface area (Å²) in [5, 5.41) is 51.0. The number of carbonyl (C=O) groups excluding carboxylic acids is 2. The predicted molar refractivity (Wildman–Crippen MR) is 580 cm³/mol. The molecular formula is C113H143Br3N12O10S3. The number of carboxylic acids is 1. The van der Waals surface area contributed by atoms with Crippen LogP contribution < -0.4 is 29.3 Å². The minimum absolute atomic E-state index is 0.0453. The molecule has 0 radical (unpaired) electrons. The quantitative estimate of drug-likeness (QED) is 0.0405. The molecule has 8 fully saturated rings. The smallest absolute Gasteiger partial charge is 0.361 e. The average molecular weight is 2170 g/mol. The molecule has 3 aliphatic heterocycles. The molecule has 3 saturated heterocycles. The van der Waals surface area contributed by atoms with Crippen LogP contribution in [0.25, 0.3) is 0 Å². The van der Waals surface area contributed by atoms with Crippen molar-refractivity contribution >= 4 is 112 Å². The monoisotopic (exact) mass is 2160 g/mol. The van der Waals surface area contributed by atoms with Crippen LogP contribution in [0.5, 0.6) is 17.2 Å². The number of rotatable bonds is 27. The maximum atomic E-state index is 12.7. The van der Waals surface area contributed by atoms with Crippen molar-refractivity contribution in [1.82, 2.24) is 50.3 Å². The number of aromatic nitrogens is 9. The third-order valence-electron chi connectivity index (χ3n) is 28.7. The van der Waals surface area contributed by atoms with E-state index in [1.54, 1.807) is 68.2 Å². The van der Waals surface area contributed by atoms with Gasteiger partial charge in [-0.15, -0.1) is 50.6 Å². The zero-order valence-electron chi connectivity index (χ0n) is 83.0. The Kier molecular flexibility index (Phi) is 43.2. The highest BCUT2D eigenvalue weighted by molar-refractivity contribution is 9.11. The number of aliphatic hydroxyl groups is 1. The van der Waals surface area contributed by atoms with Crippen LogP contribution in [0.15, 0.2) is 223 Å². The Morgan fingerprint density at radius 3 is 0.894 bits per heavy atom. The average Bonchev–Trinajstić information content (AvgIpc) is 1.68. The maximum absolute atomic E-state index is 12.7. The van der Waals surface area contributed by atoms with Crippen molar-refractivity contribution in [3.05, 3.63) is 269 Å². The standard InChI is InChI=1S/C30H38N4O3S.C28H34N4O3S.C25H28BrN3O3S.C13H17Br.C12H15BrO.C5H11N/c1-3-37-30(35)28-29(34(32-31-28)21-22-7-15-26(36-2)16-8-22)38-27-17-11-24(12-18-27)23-9-13-25(14-10-23)33-19-5-4-6-20-33;1-35-24-13-5-20(6-14-24)19-32-27(26(28(33)34)29-30-32)36-25-15-9-22(10-16-25)21-7-11-23(12-8-21)31-17-3-2-4-18-31;1-3-32-25(30)23-24(29(28-27-23)16-17-4-12-21(31-2)13-5-17)33-22-14-8-19(9-15-22)18-6-10-20(26)11-7-18;1-10-2-4-11(5-3-10)12-6-8-13(14)9-7-12;13-11-5-1-9(2-6-11)10-3-7-12(14)8-4-10;1-2-4-6-5-3-1/h7-10,13-16,24,27H,3-6,11-12,17-21H2,1-2H3;5-8,11-14,22,25H,2-4,9-10,15-19H2,1H3,(H,33,34);4-7,10-13,19,22H,3,8-9,14-16H2,1-2H3;6-11H,2-5H2,1H3;1-2,5-6,10,12,14H,3-4,7-8H2;6H,1-5H2. The van der Waals surface area contributed by atoms with Gasteiger partial charge in [0, 0.05) is 66.7 Å². The lowest BCUT2D eigenvalue weighted by Crippen LogP contribution is -2.29.